The van der Waals surface area contributed by atoms with Gasteiger partial charge in [-0.15, -0.1) is 0 Å². The molecular formula is C15H30N2O4. The van der Waals surface area contributed by atoms with Crippen molar-refractivity contribution in [2.24, 2.45) is 5.92 Å². The zero-order valence-corrected chi connectivity index (χ0v) is 14.1. The van der Waals surface area contributed by atoms with Crippen LogP contribution in [0.4, 0.5) is 4.79 Å². The number of carbonyl (C=O) groups excluding carboxylic acids is 1. The van der Waals surface area contributed by atoms with E-state index < -0.39 is 11.6 Å². The van der Waals surface area contributed by atoms with Crippen LogP contribution in [0.3, 0.4) is 0 Å². The first-order valence-electron chi connectivity index (χ1n) is 7.40. The summed E-state index contributed by atoms with van der Waals surface area (Å²) in [7, 11) is 1.72. The summed E-state index contributed by atoms with van der Waals surface area (Å²) in [4.78, 5) is 23.9. The summed E-state index contributed by atoms with van der Waals surface area (Å²) in [6, 6.07) is 0.149. The predicted octanol–water partition coefficient (Wildman–Crippen LogP) is 2.33. The Morgan fingerprint density at radius 2 is 1.86 bits per heavy atom. The van der Waals surface area contributed by atoms with Crippen LogP contribution < -0.4 is 5.32 Å². The van der Waals surface area contributed by atoms with Crippen LogP contribution in [0, 0.1) is 5.92 Å². The number of rotatable bonds is 8. The number of nitrogens with one attached hydrogen (secondary N) is 1. The molecule has 21 heavy (non-hydrogen) atoms. The molecule has 0 aromatic rings. The Morgan fingerprint density at radius 1 is 1.29 bits per heavy atom. The van der Waals surface area contributed by atoms with Gasteiger partial charge in [-0.2, -0.15) is 0 Å². The lowest BCUT2D eigenvalue weighted by Gasteiger charge is -2.27. The van der Waals surface area contributed by atoms with Crippen LogP contribution in [0.25, 0.3) is 0 Å². The van der Waals surface area contributed by atoms with E-state index in [-0.39, 0.29) is 24.5 Å². The second-order valence-electron chi connectivity index (χ2n) is 6.71. The SMILES string of the molecule is CC(CNC(C)CCC(=O)O)CN(C)C(=O)OC(C)(C)C. The Kier molecular flexibility index (Phi) is 8.32. The van der Waals surface area contributed by atoms with Gasteiger partial charge in [0.15, 0.2) is 0 Å². The van der Waals surface area contributed by atoms with Crippen molar-refractivity contribution in [1.82, 2.24) is 10.2 Å². The van der Waals surface area contributed by atoms with Gasteiger partial charge in [0.1, 0.15) is 5.60 Å². The lowest BCUT2D eigenvalue weighted by molar-refractivity contribution is -0.137. The zero-order valence-electron chi connectivity index (χ0n) is 14.1. The van der Waals surface area contributed by atoms with E-state index in [0.717, 1.165) is 6.54 Å². The van der Waals surface area contributed by atoms with E-state index in [9.17, 15) is 9.59 Å². The molecular weight excluding hydrogens is 272 g/mol. The molecule has 0 aliphatic heterocycles. The number of carboxylic acids is 1. The van der Waals surface area contributed by atoms with Crippen molar-refractivity contribution in [3.63, 3.8) is 0 Å². The number of ether oxygens (including phenoxy) is 1. The summed E-state index contributed by atoms with van der Waals surface area (Å²) >= 11 is 0. The van der Waals surface area contributed by atoms with Crippen molar-refractivity contribution >= 4 is 12.1 Å². The van der Waals surface area contributed by atoms with Crippen LogP contribution in [0.1, 0.15) is 47.5 Å². The summed E-state index contributed by atoms with van der Waals surface area (Å²) in [5.41, 5.74) is -0.488. The van der Waals surface area contributed by atoms with Gasteiger partial charge in [0.2, 0.25) is 0 Å². The van der Waals surface area contributed by atoms with E-state index in [2.05, 4.69) is 5.32 Å². The largest absolute Gasteiger partial charge is 0.481 e. The number of aliphatic carboxylic acids is 1. The fourth-order valence-corrected chi connectivity index (χ4v) is 1.79. The average Bonchev–Trinajstić information content (AvgIpc) is 2.31. The predicted molar refractivity (Wildman–Crippen MR) is 82.4 cm³/mol. The van der Waals surface area contributed by atoms with Gasteiger partial charge < -0.3 is 20.1 Å². The van der Waals surface area contributed by atoms with E-state index in [1.54, 1.807) is 11.9 Å². The Balaban J connectivity index is 3.99. The minimum atomic E-state index is -0.777. The Morgan fingerprint density at radius 3 is 2.33 bits per heavy atom. The molecule has 1 amide bonds. The molecule has 0 spiro atoms. The Hall–Kier alpha value is -1.30. The van der Waals surface area contributed by atoms with Gasteiger partial charge in [-0.05, 0) is 46.6 Å². The molecule has 2 atom stereocenters. The molecule has 6 nitrogen and oxygen atoms in total. The maximum absolute atomic E-state index is 11.8. The molecule has 0 rings (SSSR count). The molecule has 0 aliphatic rings. The molecule has 0 bridgehead atoms. The maximum atomic E-state index is 11.8. The van der Waals surface area contributed by atoms with Gasteiger partial charge in [0.25, 0.3) is 0 Å². The molecule has 2 N–H and O–H groups in total. The van der Waals surface area contributed by atoms with Crippen molar-refractivity contribution in [1.29, 1.82) is 0 Å². The van der Waals surface area contributed by atoms with Gasteiger partial charge in [-0.1, -0.05) is 6.92 Å². The smallest absolute Gasteiger partial charge is 0.410 e. The molecule has 0 saturated carbocycles. The highest BCUT2D eigenvalue weighted by Gasteiger charge is 2.20. The van der Waals surface area contributed by atoms with Gasteiger partial charge >= 0.3 is 12.1 Å². The first kappa shape index (κ1) is 19.7. The van der Waals surface area contributed by atoms with Crippen LogP contribution in [0.2, 0.25) is 0 Å². The normalized spacial score (nSPS) is 14.4. The summed E-state index contributed by atoms with van der Waals surface area (Å²) in [6.45, 7) is 10.8. The van der Waals surface area contributed by atoms with Crippen molar-refractivity contribution in [2.75, 3.05) is 20.1 Å². The summed E-state index contributed by atoms with van der Waals surface area (Å²) in [6.07, 6.45) is 0.443. The molecule has 0 aromatic heterocycles. The van der Waals surface area contributed by atoms with E-state index in [4.69, 9.17) is 9.84 Å². The lowest BCUT2D eigenvalue weighted by Crippen LogP contribution is -2.39. The molecule has 0 saturated heterocycles. The zero-order chi connectivity index (χ0) is 16.6. The number of carboxylic acid groups (broad SMARTS) is 1. The third-order valence-electron chi connectivity index (χ3n) is 2.90. The lowest BCUT2D eigenvalue weighted by atomic mass is 10.1. The fraction of sp³-hybridized carbons (Fsp3) is 0.867. The van der Waals surface area contributed by atoms with E-state index in [1.165, 1.54) is 0 Å². The summed E-state index contributed by atoms with van der Waals surface area (Å²) < 4.78 is 5.29. The average molecular weight is 302 g/mol. The molecule has 6 heteroatoms. The Labute approximate surface area is 127 Å². The first-order valence-corrected chi connectivity index (χ1v) is 7.40. The van der Waals surface area contributed by atoms with Crippen LogP contribution in [0.5, 0.6) is 0 Å². The molecule has 124 valence electrons. The van der Waals surface area contributed by atoms with Crippen LogP contribution >= 0.6 is 0 Å². The molecule has 0 fully saturated rings. The topological polar surface area (TPSA) is 78.9 Å². The monoisotopic (exact) mass is 302 g/mol. The molecule has 0 radical (unpaired) electrons. The minimum absolute atomic E-state index is 0.149. The molecule has 2 unspecified atom stereocenters. The van der Waals surface area contributed by atoms with Crippen molar-refractivity contribution < 1.29 is 19.4 Å². The quantitative estimate of drug-likeness (QED) is 0.719. The van der Waals surface area contributed by atoms with Gasteiger partial charge in [0.05, 0.1) is 0 Å². The van der Waals surface area contributed by atoms with E-state index in [1.807, 2.05) is 34.6 Å². The standard InChI is InChI=1S/C15H30N2O4/c1-11(9-16-12(2)7-8-13(18)19)10-17(6)14(20)21-15(3,4)5/h11-12,16H,7-10H2,1-6H3,(H,18,19). The maximum Gasteiger partial charge on any atom is 0.410 e. The third-order valence-corrected chi connectivity index (χ3v) is 2.90. The van der Waals surface area contributed by atoms with Crippen LogP contribution in [-0.2, 0) is 9.53 Å². The highest BCUT2D eigenvalue weighted by Crippen LogP contribution is 2.10. The third kappa shape index (κ3) is 11.1. The van der Waals surface area contributed by atoms with Crippen LogP contribution in [-0.4, -0.2) is 53.8 Å². The number of carbonyl (C=O) groups is 2. The Bertz CT molecular complexity index is 339. The molecule has 0 aromatic carbocycles. The second kappa shape index (κ2) is 8.87. The highest BCUT2D eigenvalue weighted by atomic mass is 16.6. The first-order chi connectivity index (χ1) is 9.51. The van der Waals surface area contributed by atoms with Gasteiger partial charge in [-0.3, -0.25) is 4.79 Å². The second-order valence-corrected chi connectivity index (χ2v) is 6.71. The van der Waals surface area contributed by atoms with Gasteiger partial charge in [0, 0.05) is 26.1 Å². The molecule has 0 aliphatic carbocycles. The van der Waals surface area contributed by atoms with Crippen molar-refractivity contribution in [3.05, 3.63) is 0 Å². The fourth-order valence-electron chi connectivity index (χ4n) is 1.79. The van der Waals surface area contributed by atoms with Crippen LogP contribution in [0.15, 0.2) is 0 Å². The van der Waals surface area contributed by atoms with E-state index >= 15 is 0 Å². The van der Waals surface area contributed by atoms with Crippen molar-refractivity contribution in [3.8, 4) is 0 Å². The van der Waals surface area contributed by atoms with Gasteiger partial charge in [-0.25, -0.2) is 4.79 Å². The molecule has 0 heterocycles. The van der Waals surface area contributed by atoms with Crippen molar-refractivity contribution in [2.45, 2.75) is 59.1 Å². The number of nitrogens with zero attached hydrogens (tertiary/aromatic N) is 1. The number of hydrogen-bond acceptors (Lipinski definition) is 4. The number of hydrogen-bond donors (Lipinski definition) is 2. The minimum Gasteiger partial charge on any atom is -0.481 e. The highest BCUT2D eigenvalue weighted by molar-refractivity contribution is 5.67. The summed E-state index contributed by atoms with van der Waals surface area (Å²) in [5.74, 6) is -0.517. The summed E-state index contributed by atoms with van der Waals surface area (Å²) in [5, 5.41) is 11.9. The number of amides is 1. The van der Waals surface area contributed by atoms with E-state index in [0.29, 0.717) is 13.0 Å².